The standard InChI is InChI=1S/C17H27N3O.ClH/c1-13-11-18-9-10-20(13)12-16(21)19-15-8-6-5-7-14(15)17(2,3)4;/h5-8,13,18H,9-12H2,1-4H3,(H,19,21);1H/t13-;/m0./s1. The highest BCUT2D eigenvalue weighted by Gasteiger charge is 2.22. The number of amides is 1. The van der Waals surface area contributed by atoms with Crippen LogP contribution < -0.4 is 10.6 Å². The van der Waals surface area contributed by atoms with Gasteiger partial charge in [0.05, 0.1) is 6.54 Å². The lowest BCUT2D eigenvalue weighted by Crippen LogP contribution is -2.52. The normalized spacial score (nSPS) is 19.4. The lowest BCUT2D eigenvalue weighted by Gasteiger charge is -2.33. The first-order valence-corrected chi connectivity index (χ1v) is 7.72. The number of para-hydroxylation sites is 1. The van der Waals surface area contributed by atoms with E-state index in [-0.39, 0.29) is 23.7 Å². The molecule has 0 aliphatic carbocycles. The molecule has 2 N–H and O–H groups in total. The first kappa shape index (κ1) is 18.9. The summed E-state index contributed by atoms with van der Waals surface area (Å²) in [4.78, 5) is 14.6. The van der Waals surface area contributed by atoms with E-state index < -0.39 is 0 Å². The maximum Gasteiger partial charge on any atom is 0.238 e. The average molecular weight is 326 g/mol. The van der Waals surface area contributed by atoms with Crippen LogP contribution in [0.4, 0.5) is 5.69 Å². The number of carbonyl (C=O) groups excluding carboxylic acids is 1. The summed E-state index contributed by atoms with van der Waals surface area (Å²) in [6.45, 7) is 11.9. The maximum atomic E-state index is 12.3. The minimum atomic E-state index is 0. The molecule has 1 amide bonds. The summed E-state index contributed by atoms with van der Waals surface area (Å²) in [6, 6.07) is 8.47. The molecule has 124 valence electrons. The summed E-state index contributed by atoms with van der Waals surface area (Å²) in [7, 11) is 0. The largest absolute Gasteiger partial charge is 0.325 e. The molecular weight excluding hydrogens is 298 g/mol. The lowest BCUT2D eigenvalue weighted by atomic mass is 9.86. The summed E-state index contributed by atoms with van der Waals surface area (Å²) in [6.07, 6.45) is 0. The number of hydrogen-bond acceptors (Lipinski definition) is 3. The topological polar surface area (TPSA) is 44.4 Å². The Morgan fingerprint density at radius 2 is 2.05 bits per heavy atom. The first-order valence-electron chi connectivity index (χ1n) is 7.72. The van der Waals surface area contributed by atoms with Gasteiger partial charge in [0, 0.05) is 31.4 Å². The van der Waals surface area contributed by atoms with E-state index >= 15 is 0 Å². The van der Waals surface area contributed by atoms with Crippen LogP contribution in [-0.4, -0.2) is 43.0 Å². The zero-order valence-corrected chi connectivity index (χ0v) is 14.8. The van der Waals surface area contributed by atoms with Gasteiger partial charge in [-0.05, 0) is 24.0 Å². The van der Waals surface area contributed by atoms with Gasteiger partial charge in [-0.2, -0.15) is 0 Å². The Kier molecular flexibility index (Phi) is 6.85. The number of rotatable bonds is 3. The summed E-state index contributed by atoms with van der Waals surface area (Å²) in [5, 5.41) is 6.43. The molecule has 1 atom stereocenters. The van der Waals surface area contributed by atoms with Crippen LogP contribution in [0.1, 0.15) is 33.3 Å². The molecule has 0 spiro atoms. The predicted octanol–water partition coefficient (Wildman–Crippen LogP) is 2.64. The number of piperazine rings is 1. The summed E-state index contributed by atoms with van der Waals surface area (Å²) in [5.74, 6) is 0.0699. The molecular formula is C17H28ClN3O. The van der Waals surface area contributed by atoms with Gasteiger partial charge in [0.25, 0.3) is 0 Å². The number of nitrogens with zero attached hydrogens (tertiary/aromatic N) is 1. The van der Waals surface area contributed by atoms with Crippen molar-refractivity contribution in [2.24, 2.45) is 0 Å². The van der Waals surface area contributed by atoms with E-state index in [0.717, 1.165) is 25.3 Å². The number of halogens is 1. The molecule has 2 rings (SSSR count). The predicted molar refractivity (Wildman–Crippen MR) is 94.9 cm³/mol. The molecule has 0 unspecified atom stereocenters. The fraction of sp³-hybridized carbons (Fsp3) is 0.588. The zero-order valence-electron chi connectivity index (χ0n) is 14.0. The number of nitrogens with one attached hydrogen (secondary N) is 2. The third kappa shape index (κ3) is 4.97. The van der Waals surface area contributed by atoms with Crippen molar-refractivity contribution in [3.05, 3.63) is 29.8 Å². The van der Waals surface area contributed by atoms with Gasteiger partial charge in [-0.25, -0.2) is 0 Å². The Balaban J connectivity index is 0.00000242. The third-order valence-electron chi connectivity index (χ3n) is 3.99. The molecule has 22 heavy (non-hydrogen) atoms. The smallest absolute Gasteiger partial charge is 0.238 e. The van der Waals surface area contributed by atoms with Crippen molar-refractivity contribution < 1.29 is 4.79 Å². The van der Waals surface area contributed by atoms with E-state index in [1.165, 1.54) is 5.56 Å². The van der Waals surface area contributed by atoms with Crippen molar-refractivity contribution in [3.8, 4) is 0 Å². The highest BCUT2D eigenvalue weighted by atomic mass is 35.5. The van der Waals surface area contributed by atoms with Crippen LogP contribution in [0.2, 0.25) is 0 Å². The fourth-order valence-corrected chi connectivity index (χ4v) is 2.74. The number of hydrogen-bond donors (Lipinski definition) is 2. The van der Waals surface area contributed by atoms with Crippen LogP contribution in [-0.2, 0) is 10.2 Å². The monoisotopic (exact) mass is 325 g/mol. The molecule has 0 saturated carbocycles. The van der Waals surface area contributed by atoms with Gasteiger partial charge >= 0.3 is 0 Å². The number of benzene rings is 1. The molecule has 0 bridgehead atoms. The summed E-state index contributed by atoms with van der Waals surface area (Å²) >= 11 is 0. The second kappa shape index (κ2) is 7.95. The molecule has 1 aromatic rings. The number of anilines is 1. The Bertz CT molecular complexity index is 499. The van der Waals surface area contributed by atoms with Crippen LogP contribution in [0.5, 0.6) is 0 Å². The van der Waals surface area contributed by atoms with Gasteiger partial charge in [-0.1, -0.05) is 39.0 Å². The molecule has 0 aromatic heterocycles. The van der Waals surface area contributed by atoms with Crippen molar-refractivity contribution in [1.82, 2.24) is 10.2 Å². The highest BCUT2D eigenvalue weighted by Crippen LogP contribution is 2.29. The van der Waals surface area contributed by atoms with E-state index in [1.54, 1.807) is 0 Å². The Morgan fingerprint density at radius 1 is 1.36 bits per heavy atom. The molecule has 4 nitrogen and oxygen atoms in total. The quantitative estimate of drug-likeness (QED) is 0.898. The Hall–Kier alpha value is -1.10. The van der Waals surface area contributed by atoms with Gasteiger partial charge in [-0.3, -0.25) is 9.69 Å². The van der Waals surface area contributed by atoms with Gasteiger partial charge in [-0.15, -0.1) is 12.4 Å². The zero-order chi connectivity index (χ0) is 15.5. The molecule has 1 saturated heterocycles. The van der Waals surface area contributed by atoms with Crippen LogP contribution >= 0.6 is 12.4 Å². The van der Waals surface area contributed by atoms with Gasteiger partial charge in [0.15, 0.2) is 0 Å². The molecule has 1 aliphatic heterocycles. The van der Waals surface area contributed by atoms with Crippen molar-refractivity contribution in [2.45, 2.75) is 39.2 Å². The van der Waals surface area contributed by atoms with E-state index in [2.05, 4.69) is 49.3 Å². The van der Waals surface area contributed by atoms with Crippen molar-refractivity contribution in [2.75, 3.05) is 31.5 Å². The molecule has 1 aliphatic rings. The molecule has 1 fully saturated rings. The van der Waals surface area contributed by atoms with Gasteiger partial charge < -0.3 is 10.6 Å². The molecule has 0 radical (unpaired) electrons. The Labute approximate surface area is 140 Å². The van der Waals surface area contributed by atoms with E-state index in [9.17, 15) is 4.79 Å². The average Bonchev–Trinajstić information content (AvgIpc) is 2.41. The second-order valence-electron chi connectivity index (χ2n) is 6.87. The summed E-state index contributed by atoms with van der Waals surface area (Å²) < 4.78 is 0. The van der Waals surface area contributed by atoms with Crippen LogP contribution in [0.15, 0.2) is 24.3 Å². The number of carbonyl (C=O) groups is 1. The summed E-state index contributed by atoms with van der Waals surface area (Å²) in [5.41, 5.74) is 2.12. The minimum Gasteiger partial charge on any atom is -0.325 e. The minimum absolute atomic E-state index is 0. The van der Waals surface area contributed by atoms with E-state index in [0.29, 0.717) is 12.6 Å². The molecule has 5 heteroatoms. The van der Waals surface area contributed by atoms with Crippen LogP contribution in [0, 0.1) is 0 Å². The van der Waals surface area contributed by atoms with E-state index in [4.69, 9.17) is 0 Å². The molecule has 1 heterocycles. The van der Waals surface area contributed by atoms with Gasteiger partial charge in [0.2, 0.25) is 5.91 Å². The second-order valence-corrected chi connectivity index (χ2v) is 6.87. The SMILES string of the molecule is C[C@H]1CNCCN1CC(=O)Nc1ccccc1C(C)(C)C.Cl. The lowest BCUT2D eigenvalue weighted by molar-refractivity contribution is -0.118. The van der Waals surface area contributed by atoms with E-state index in [1.807, 2.05) is 18.2 Å². The fourth-order valence-electron chi connectivity index (χ4n) is 2.74. The van der Waals surface area contributed by atoms with Crippen LogP contribution in [0.25, 0.3) is 0 Å². The third-order valence-corrected chi connectivity index (χ3v) is 3.99. The van der Waals surface area contributed by atoms with Crippen molar-refractivity contribution in [3.63, 3.8) is 0 Å². The maximum absolute atomic E-state index is 12.3. The van der Waals surface area contributed by atoms with Crippen molar-refractivity contribution >= 4 is 24.0 Å². The van der Waals surface area contributed by atoms with Gasteiger partial charge in [0.1, 0.15) is 0 Å². The van der Waals surface area contributed by atoms with Crippen LogP contribution in [0.3, 0.4) is 0 Å². The van der Waals surface area contributed by atoms with Crippen molar-refractivity contribution in [1.29, 1.82) is 0 Å². The first-order chi connectivity index (χ1) is 9.88. The Morgan fingerprint density at radius 3 is 2.68 bits per heavy atom. The highest BCUT2D eigenvalue weighted by molar-refractivity contribution is 5.93. The molecule has 1 aromatic carbocycles.